The van der Waals surface area contributed by atoms with Crippen molar-refractivity contribution in [2.45, 2.75) is 26.8 Å². The number of hydrogen-bond acceptors (Lipinski definition) is 4. The lowest BCUT2D eigenvalue weighted by Crippen LogP contribution is -2.19. The van der Waals surface area contributed by atoms with E-state index < -0.39 is 0 Å². The van der Waals surface area contributed by atoms with Crippen LogP contribution in [0.1, 0.15) is 25.8 Å². The van der Waals surface area contributed by atoms with Crippen molar-refractivity contribution in [3.05, 3.63) is 22.7 Å². The van der Waals surface area contributed by atoms with E-state index in [-0.39, 0.29) is 12.4 Å². The molecule has 0 saturated carbocycles. The third kappa shape index (κ3) is 7.54. The minimum Gasteiger partial charge on any atom is -0.493 e. The van der Waals surface area contributed by atoms with Gasteiger partial charge in [0.15, 0.2) is 11.5 Å². The topological polar surface area (TPSA) is 39.7 Å². The van der Waals surface area contributed by atoms with Crippen molar-refractivity contribution < 1.29 is 14.2 Å². The molecule has 0 amide bonds. The van der Waals surface area contributed by atoms with Gasteiger partial charge in [0, 0.05) is 19.7 Å². The van der Waals surface area contributed by atoms with Crippen LogP contribution in [0, 0.1) is 5.92 Å². The molecule has 1 aromatic rings. The Bertz CT molecular complexity index is 428. The lowest BCUT2D eigenvalue weighted by molar-refractivity contribution is 0.125. The molecule has 1 rings (SSSR count). The van der Waals surface area contributed by atoms with Crippen LogP contribution in [0.4, 0.5) is 0 Å². The van der Waals surface area contributed by atoms with E-state index in [0.717, 1.165) is 25.1 Å². The average molecular weight is 352 g/mol. The molecule has 0 radical (unpaired) electrons. The van der Waals surface area contributed by atoms with E-state index in [9.17, 15) is 0 Å². The maximum Gasteiger partial charge on any atom is 0.179 e. The summed E-state index contributed by atoms with van der Waals surface area (Å²) in [5, 5.41) is 3.88. The van der Waals surface area contributed by atoms with Gasteiger partial charge >= 0.3 is 0 Å². The molecule has 0 aromatic heterocycles. The van der Waals surface area contributed by atoms with Gasteiger partial charge in [0.05, 0.1) is 25.8 Å². The predicted octanol–water partition coefficient (Wildman–Crippen LogP) is 3.93. The number of nitrogens with one attached hydrogen (secondary N) is 1. The zero-order valence-corrected chi connectivity index (χ0v) is 15.4. The fraction of sp³-hybridized carbons (Fsp3) is 0.625. The monoisotopic (exact) mass is 351 g/mol. The van der Waals surface area contributed by atoms with E-state index in [1.807, 2.05) is 12.1 Å². The van der Waals surface area contributed by atoms with Crippen molar-refractivity contribution in [2.24, 2.45) is 5.92 Å². The summed E-state index contributed by atoms with van der Waals surface area (Å²) in [6.07, 6.45) is 1.10. The molecule has 0 heterocycles. The van der Waals surface area contributed by atoms with Crippen molar-refractivity contribution in [3.8, 4) is 11.5 Å². The van der Waals surface area contributed by atoms with E-state index in [4.69, 9.17) is 25.8 Å². The van der Waals surface area contributed by atoms with Crippen LogP contribution in [-0.2, 0) is 11.3 Å². The summed E-state index contributed by atoms with van der Waals surface area (Å²) < 4.78 is 16.0. The summed E-state index contributed by atoms with van der Waals surface area (Å²) in [4.78, 5) is 0. The molecule has 4 nitrogen and oxygen atoms in total. The molecular weight excluding hydrogens is 325 g/mol. The fourth-order valence-electron chi connectivity index (χ4n) is 1.87. The van der Waals surface area contributed by atoms with Crippen molar-refractivity contribution >= 4 is 24.0 Å². The Hall–Kier alpha value is -0.680. The first-order valence-corrected chi connectivity index (χ1v) is 7.65. The first-order valence-electron chi connectivity index (χ1n) is 7.27. The molecule has 0 spiro atoms. The number of halogens is 2. The Labute approximate surface area is 144 Å². The summed E-state index contributed by atoms with van der Waals surface area (Å²) in [5.41, 5.74) is 1.06. The molecule has 0 saturated heterocycles. The molecule has 128 valence electrons. The smallest absolute Gasteiger partial charge is 0.179 e. The molecule has 1 aromatic carbocycles. The first kappa shape index (κ1) is 21.3. The van der Waals surface area contributed by atoms with E-state index in [1.54, 1.807) is 14.2 Å². The Morgan fingerprint density at radius 3 is 2.45 bits per heavy atom. The molecule has 0 atom stereocenters. The molecule has 22 heavy (non-hydrogen) atoms. The molecule has 0 aliphatic heterocycles. The molecule has 0 fully saturated rings. The molecule has 6 heteroatoms. The normalized spacial score (nSPS) is 10.5. The van der Waals surface area contributed by atoms with Gasteiger partial charge in [-0.3, -0.25) is 0 Å². The van der Waals surface area contributed by atoms with E-state index in [1.165, 1.54) is 0 Å². The van der Waals surface area contributed by atoms with Crippen LogP contribution in [-0.4, -0.2) is 34.0 Å². The SMILES string of the molecule is COc1cc(CNCCOCCC(C)C)cc(Cl)c1OC.Cl. The zero-order chi connectivity index (χ0) is 15.7. The van der Waals surface area contributed by atoms with Gasteiger partial charge in [-0.15, -0.1) is 12.4 Å². The van der Waals surface area contributed by atoms with Crippen molar-refractivity contribution in [1.29, 1.82) is 0 Å². The minimum absolute atomic E-state index is 0. The summed E-state index contributed by atoms with van der Waals surface area (Å²) in [6, 6.07) is 3.81. The van der Waals surface area contributed by atoms with Gasteiger partial charge in [-0.1, -0.05) is 25.4 Å². The van der Waals surface area contributed by atoms with Crippen LogP contribution in [0.25, 0.3) is 0 Å². The van der Waals surface area contributed by atoms with E-state index in [0.29, 0.717) is 35.6 Å². The summed E-state index contributed by atoms with van der Waals surface area (Å²) in [5.74, 6) is 1.90. The Morgan fingerprint density at radius 2 is 1.86 bits per heavy atom. The third-order valence-electron chi connectivity index (χ3n) is 3.09. The molecule has 0 aliphatic rings. The molecular formula is C16H27Cl2NO3. The maximum absolute atomic E-state index is 6.17. The second kappa shape index (κ2) is 11.8. The summed E-state index contributed by atoms with van der Waals surface area (Å²) >= 11 is 6.17. The standard InChI is InChI=1S/C16H26ClNO3.ClH/c1-12(2)5-7-21-8-6-18-11-13-9-14(17)16(20-4)15(10-13)19-3;/h9-10,12,18H,5-8,11H2,1-4H3;1H. The van der Waals surface area contributed by atoms with Gasteiger partial charge in [0.1, 0.15) is 0 Å². The highest BCUT2D eigenvalue weighted by Gasteiger charge is 2.10. The Balaban J connectivity index is 0.00000441. The highest BCUT2D eigenvalue weighted by atomic mass is 35.5. The summed E-state index contributed by atoms with van der Waals surface area (Å²) in [7, 11) is 3.18. The summed E-state index contributed by atoms with van der Waals surface area (Å²) in [6.45, 7) is 7.46. The number of hydrogen-bond donors (Lipinski definition) is 1. The second-order valence-electron chi connectivity index (χ2n) is 5.28. The lowest BCUT2D eigenvalue weighted by Gasteiger charge is -2.12. The fourth-order valence-corrected chi connectivity index (χ4v) is 2.18. The van der Waals surface area contributed by atoms with Crippen molar-refractivity contribution in [2.75, 3.05) is 34.0 Å². The largest absolute Gasteiger partial charge is 0.493 e. The minimum atomic E-state index is 0. The molecule has 0 unspecified atom stereocenters. The van der Waals surface area contributed by atoms with E-state index >= 15 is 0 Å². The predicted molar refractivity (Wildman–Crippen MR) is 93.8 cm³/mol. The quantitative estimate of drug-likeness (QED) is 0.648. The van der Waals surface area contributed by atoms with Gasteiger partial charge < -0.3 is 19.5 Å². The van der Waals surface area contributed by atoms with Crippen molar-refractivity contribution in [3.63, 3.8) is 0 Å². The maximum atomic E-state index is 6.17. The number of ether oxygens (including phenoxy) is 3. The lowest BCUT2D eigenvalue weighted by atomic mass is 10.1. The number of benzene rings is 1. The van der Waals surface area contributed by atoms with Crippen LogP contribution in [0.15, 0.2) is 12.1 Å². The Kier molecular flexibility index (Phi) is 11.5. The van der Waals surface area contributed by atoms with E-state index in [2.05, 4.69) is 19.2 Å². The van der Waals surface area contributed by atoms with Gasteiger partial charge in [0.25, 0.3) is 0 Å². The number of rotatable bonds is 10. The molecule has 0 bridgehead atoms. The number of methoxy groups -OCH3 is 2. The van der Waals surface area contributed by atoms with Gasteiger partial charge in [0.2, 0.25) is 0 Å². The van der Waals surface area contributed by atoms with Crippen molar-refractivity contribution in [1.82, 2.24) is 5.32 Å². The van der Waals surface area contributed by atoms with Crippen LogP contribution in [0.5, 0.6) is 11.5 Å². The van der Waals surface area contributed by atoms with Crippen LogP contribution < -0.4 is 14.8 Å². The van der Waals surface area contributed by atoms with Gasteiger partial charge in [-0.05, 0) is 30.0 Å². The Morgan fingerprint density at radius 1 is 1.14 bits per heavy atom. The highest BCUT2D eigenvalue weighted by Crippen LogP contribution is 2.35. The van der Waals surface area contributed by atoms with Gasteiger partial charge in [-0.2, -0.15) is 0 Å². The van der Waals surface area contributed by atoms with Gasteiger partial charge in [-0.25, -0.2) is 0 Å². The van der Waals surface area contributed by atoms with Crippen LogP contribution >= 0.6 is 24.0 Å². The van der Waals surface area contributed by atoms with Crippen LogP contribution in [0.3, 0.4) is 0 Å². The highest BCUT2D eigenvalue weighted by molar-refractivity contribution is 6.32. The molecule has 0 aliphatic carbocycles. The molecule has 1 N–H and O–H groups in total. The zero-order valence-electron chi connectivity index (χ0n) is 13.8. The third-order valence-corrected chi connectivity index (χ3v) is 3.37. The van der Waals surface area contributed by atoms with Crippen LogP contribution in [0.2, 0.25) is 5.02 Å². The second-order valence-corrected chi connectivity index (χ2v) is 5.69. The first-order chi connectivity index (χ1) is 10.1. The average Bonchev–Trinajstić information content (AvgIpc) is 2.45.